The van der Waals surface area contributed by atoms with Crippen LogP contribution in [0.2, 0.25) is 0 Å². The summed E-state index contributed by atoms with van der Waals surface area (Å²) >= 11 is 1.61. The van der Waals surface area contributed by atoms with E-state index in [-0.39, 0.29) is 23.6 Å². The van der Waals surface area contributed by atoms with Crippen molar-refractivity contribution in [3.8, 4) is 22.5 Å². The summed E-state index contributed by atoms with van der Waals surface area (Å²) in [6.07, 6.45) is 3.25. The van der Waals surface area contributed by atoms with Crippen LogP contribution in [-0.4, -0.2) is 39.9 Å². The van der Waals surface area contributed by atoms with E-state index in [1.165, 1.54) is 30.5 Å². The first-order valence-electron chi connectivity index (χ1n) is 11.5. The van der Waals surface area contributed by atoms with E-state index < -0.39 is 0 Å². The van der Waals surface area contributed by atoms with Crippen LogP contribution in [0.3, 0.4) is 0 Å². The number of aromatic nitrogens is 2. The number of likely N-dealkylation sites (tertiary alicyclic amines) is 1. The lowest BCUT2D eigenvalue weighted by atomic mass is 10.0. The zero-order chi connectivity index (χ0) is 24.2. The molecule has 0 unspecified atom stereocenters. The van der Waals surface area contributed by atoms with Gasteiger partial charge in [-0.3, -0.25) is 14.7 Å². The topological polar surface area (TPSA) is 58.1 Å². The maximum atomic E-state index is 13.4. The minimum Gasteiger partial charge on any atom is -0.349 e. The Kier molecular flexibility index (Phi) is 6.92. The molecule has 1 aliphatic heterocycles. The molecule has 5 rings (SSSR count). The van der Waals surface area contributed by atoms with Crippen molar-refractivity contribution < 1.29 is 13.6 Å². The number of thiazole rings is 1. The number of carbonyl (C=O) groups is 1. The highest BCUT2D eigenvalue weighted by Crippen LogP contribution is 2.24. The van der Waals surface area contributed by atoms with Gasteiger partial charge in [-0.15, -0.1) is 11.3 Å². The number of pyridine rings is 1. The molecule has 1 amide bonds. The summed E-state index contributed by atoms with van der Waals surface area (Å²) in [5, 5.41) is 6.14. The molecule has 1 aliphatic rings. The van der Waals surface area contributed by atoms with Crippen LogP contribution in [0.15, 0.2) is 72.2 Å². The highest BCUT2D eigenvalue weighted by Gasteiger charge is 2.22. The van der Waals surface area contributed by atoms with Crippen LogP contribution >= 0.6 is 11.3 Å². The van der Waals surface area contributed by atoms with Gasteiger partial charge in [-0.2, -0.15) is 0 Å². The molecular weight excluding hydrogens is 466 g/mol. The number of nitrogens with zero attached hydrogens (tertiary/aromatic N) is 3. The Bertz CT molecular complexity index is 1300. The van der Waals surface area contributed by atoms with E-state index in [4.69, 9.17) is 4.98 Å². The average molecular weight is 491 g/mol. The minimum atomic E-state index is -0.319. The Morgan fingerprint density at radius 2 is 1.77 bits per heavy atom. The van der Waals surface area contributed by atoms with Crippen molar-refractivity contribution in [3.05, 3.63) is 94.4 Å². The van der Waals surface area contributed by atoms with Crippen LogP contribution in [0.5, 0.6) is 0 Å². The predicted octanol–water partition coefficient (Wildman–Crippen LogP) is 5.54. The fourth-order valence-corrected chi connectivity index (χ4v) is 5.02. The van der Waals surface area contributed by atoms with E-state index in [1.54, 1.807) is 47.7 Å². The molecule has 5 nitrogen and oxygen atoms in total. The molecule has 0 saturated carbocycles. The Hall–Kier alpha value is -3.49. The number of hydrogen-bond donors (Lipinski definition) is 1. The number of nitrogens with one attached hydrogen (secondary N) is 1. The third kappa shape index (κ3) is 5.78. The fraction of sp³-hybridized carbons (Fsp3) is 0.222. The molecule has 178 valence electrons. The van der Waals surface area contributed by atoms with Gasteiger partial charge >= 0.3 is 0 Å². The summed E-state index contributed by atoms with van der Waals surface area (Å²) in [6.45, 7) is 2.50. The lowest BCUT2D eigenvalue weighted by Gasteiger charge is -2.31. The summed E-state index contributed by atoms with van der Waals surface area (Å²) in [6, 6.07) is 16.2. The third-order valence-electron chi connectivity index (χ3n) is 6.12. The lowest BCUT2D eigenvalue weighted by molar-refractivity contribution is 0.0908. The first-order chi connectivity index (χ1) is 17.0. The second-order valence-electron chi connectivity index (χ2n) is 8.60. The standard InChI is InChI=1S/C27H24F2N4OS/c28-21-7-4-18(5-8-21)25-17-35-26(32-25)16-33-12-10-23(11-13-33)31-27(34)20-6-9-24(30-15-20)19-2-1-3-22(29)14-19/h1-9,14-15,17,23H,10-13,16H2,(H,31,34). The number of amides is 1. The molecule has 8 heteroatoms. The van der Waals surface area contributed by atoms with Crippen molar-refractivity contribution >= 4 is 17.2 Å². The van der Waals surface area contributed by atoms with Crippen molar-refractivity contribution in [1.82, 2.24) is 20.2 Å². The summed E-state index contributed by atoms with van der Waals surface area (Å²) in [4.78, 5) is 24.1. The Balaban J connectivity index is 1.11. The first kappa shape index (κ1) is 23.3. The molecule has 0 atom stereocenters. The molecule has 1 saturated heterocycles. The highest BCUT2D eigenvalue weighted by atomic mass is 32.1. The summed E-state index contributed by atoms with van der Waals surface area (Å²) in [5.41, 5.74) is 3.56. The number of carbonyl (C=O) groups excluding carboxylic acids is 1. The van der Waals surface area contributed by atoms with E-state index in [1.807, 2.05) is 5.38 Å². The van der Waals surface area contributed by atoms with Gasteiger partial charge in [0.25, 0.3) is 5.91 Å². The molecule has 0 aliphatic carbocycles. The van der Waals surface area contributed by atoms with Crippen molar-refractivity contribution in [3.63, 3.8) is 0 Å². The number of benzene rings is 2. The molecule has 0 bridgehead atoms. The van der Waals surface area contributed by atoms with E-state index in [0.717, 1.165) is 48.7 Å². The first-order valence-corrected chi connectivity index (χ1v) is 12.4. The van der Waals surface area contributed by atoms with Gasteiger partial charge in [0.1, 0.15) is 16.6 Å². The molecule has 1 fully saturated rings. The Morgan fingerprint density at radius 1 is 0.971 bits per heavy atom. The van der Waals surface area contributed by atoms with Crippen molar-refractivity contribution in [2.24, 2.45) is 0 Å². The SMILES string of the molecule is O=C(NC1CCN(Cc2nc(-c3ccc(F)cc3)cs2)CC1)c1ccc(-c2cccc(F)c2)nc1. The molecule has 0 radical (unpaired) electrons. The van der Waals surface area contributed by atoms with Gasteiger partial charge in [-0.05, 0) is 61.4 Å². The smallest absolute Gasteiger partial charge is 0.253 e. The van der Waals surface area contributed by atoms with Gasteiger partial charge in [0, 0.05) is 41.8 Å². The van der Waals surface area contributed by atoms with Crippen LogP contribution in [0, 0.1) is 11.6 Å². The van der Waals surface area contributed by atoms with Crippen molar-refractivity contribution in [1.29, 1.82) is 0 Å². The monoisotopic (exact) mass is 490 g/mol. The number of halogens is 2. The quantitative estimate of drug-likeness (QED) is 0.385. The summed E-state index contributed by atoms with van der Waals surface area (Å²) in [7, 11) is 0. The van der Waals surface area contributed by atoms with Gasteiger partial charge in [0.05, 0.1) is 23.5 Å². The molecule has 2 aromatic heterocycles. The van der Waals surface area contributed by atoms with Crippen molar-refractivity contribution in [2.45, 2.75) is 25.4 Å². The van der Waals surface area contributed by atoms with Crippen molar-refractivity contribution in [2.75, 3.05) is 13.1 Å². The predicted molar refractivity (Wildman–Crippen MR) is 133 cm³/mol. The second-order valence-corrected chi connectivity index (χ2v) is 9.54. The van der Waals surface area contributed by atoms with Crippen LogP contribution in [-0.2, 0) is 6.54 Å². The molecular formula is C27H24F2N4OS. The summed E-state index contributed by atoms with van der Waals surface area (Å²) in [5.74, 6) is -0.720. The zero-order valence-electron chi connectivity index (χ0n) is 19.0. The van der Waals surface area contributed by atoms with Gasteiger partial charge in [0.15, 0.2) is 0 Å². The highest BCUT2D eigenvalue weighted by molar-refractivity contribution is 7.09. The largest absolute Gasteiger partial charge is 0.349 e. The lowest BCUT2D eigenvalue weighted by Crippen LogP contribution is -2.44. The van der Waals surface area contributed by atoms with E-state index >= 15 is 0 Å². The average Bonchev–Trinajstić information content (AvgIpc) is 3.34. The second kappa shape index (κ2) is 10.4. The molecule has 35 heavy (non-hydrogen) atoms. The zero-order valence-corrected chi connectivity index (χ0v) is 19.8. The van der Waals surface area contributed by atoms with E-state index in [9.17, 15) is 13.6 Å². The number of hydrogen-bond acceptors (Lipinski definition) is 5. The van der Waals surface area contributed by atoms with E-state index in [0.29, 0.717) is 16.8 Å². The number of piperidine rings is 1. The van der Waals surface area contributed by atoms with Crippen LogP contribution in [0.4, 0.5) is 8.78 Å². The molecule has 3 heterocycles. The molecule has 4 aromatic rings. The van der Waals surface area contributed by atoms with Crippen LogP contribution < -0.4 is 5.32 Å². The maximum Gasteiger partial charge on any atom is 0.253 e. The third-order valence-corrected chi connectivity index (χ3v) is 6.95. The van der Waals surface area contributed by atoms with Gasteiger partial charge < -0.3 is 5.32 Å². The normalized spacial score (nSPS) is 14.7. The number of rotatable bonds is 6. The van der Waals surface area contributed by atoms with Crippen LogP contribution in [0.1, 0.15) is 28.2 Å². The molecule has 1 N–H and O–H groups in total. The molecule has 0 spiro atoms. The molecule has 2 aromatic carbocycles. The van der Waals surface area contributed by atoms with Gasteiger partial charge in [-0.1, -0.05) is 12.1 Å². The van der Waals surface area contributed by atoms with Crippen LogP contribution in [0.25, 0.3) is 22.5 Å². The van der Waals surface area contributed by atoms with Gasteiger partial charge in [-0.25, -0.2) is 13.8 Å². The van der Waals surface area contributed by atoms with E-state index in [2.05, 4.69) is 15.2 Å². The van der Waals surface area contributed by atoms with Gasteiger partial charge in [0.2, 0.25) is 0 Å². The Labute approximate surface area is 206 Å². The Morgan fingerprint density at radius 3 is 2.49 bits per heavy atom. The maximum absolute atomic E-state index is 13.4. The minimum absolute atomic E-state index is 0.104. The summed E-state index contributed by atoms with van der Waals surface area (Å²) < 4.78 is 26.6. The fourth-order valence-electron chi connectivity index (χ4n) is 4.18.